The van der Waals surface area contributed by atoms with E-state index in [0.29, 0.717) is 25.3 Å². The minimum atomic E-state index is -0.0811. The summed E-state index contributed by atoms with van der Waals surface area (Å²) in [5.74, 6) is 1.62. The van der Waals surface area contributed by atoms with Crippen molar-refractivity contribution >= 4 is 27.5 Å². The monoisotopic (exact) mass is 422 g/mol. The summed E-state index contributed by atoms with van der Waals surface area (Å²) >= 11 is 4.01. The van der Waals surface area contributed by atoms with E-state index < -0.39 is 0 Å². The molecule has 26 heavy (non-hydrogen) atoms. The average molecular weight is 423 g/mol. The van der Waals surface area contributed by atoms with E-state index in [1.165, 1.54) is 38.2 Å². The first-order chi connectivity index (χ1) is 12.4. The quantitative estimate of drug-likeness (QED) is 0.712. The number of hydrogen-bond acceptors (Lipinski definition) is 3. The maximum absolute atomic E-state index is 12.8. The van der Waals surface area contributed by atoms with Gasteiger partial charge in [-0.15, -0.1) is 0 Å². The zero-order valence-electron chi connectivity index (χ0n) is 15.3. The molecule has 4 saturated carbocycles. The molecule has 0 radical (unpaired) electrons. The Morgan fingerprint density at radius 2 is 2.04 bits per heavy atom. The lowest BCUT2D eigenvalue weighted by Gasteiger charge is -2.60. The number of rotatable bonds is 6. The van der Waals surface area contributed by atoms with Crippen LogP contribution in [0.25, 0.3) is 0 Å². The fourth-order valence-electron chi connectivity index (χ4n) is 6.06. The van der Waals surface area contributed by atoms with Gasteiger partial charge in [-0.2, -0.15) is 0 Å². The number of amides is 1. The molecule has 4 aliphatic rings. The van der Waals surface area contributed by atoms with Crippen molar-refractivity contribution in [2.75, 3.05) is 19.0 Å². The molecule has 4 bridgehead atoms. The molecule has 2 atom stereocenters. The number of carbonyl (C=O) groups excluding carboxylic acids is 1. The number of nitrogens with one attached hydrogen (secondary N) is 1. The minimum absolute atomic E-state index is 0.0694. The Bertz CT molecular complexity index is 746. The van der Waals surface area contributed by atoms with E-state index in [1.54, 1.807) is 23.9 Å². The van der Waals surface area contributed by atoms with Crippen molar-refractivity contribution in [3.63, 3.8) is 0 Å². The zero-order valence-corrected chi connectivity index (χ0v) is 16.9. The van der Waals surface area contributed by atoms with Crippen LogP contribution in [0.2, 0.25) is 0 Å². The van der Waals surface area contributed by atoms with Crippen LogP contribution in [-0.4, -0.2) is 28.5 Å². The van der Waals surface area contributed by atoms with E-state index in [4.69, 9.17) is 4.74 Å². The van der Waals surface area contributed by atoms with Gasteiger partial charge in [-0.3, -0.25) is 9.59 Å². The summed E-state index contributed by atoms with van der Waals surface area (Å²) in [5.41, 5.74) is 0.758. The lowest BCUT2D eigenvalue weighted by atomic mass is 9.48. The molecule has 1 aromatic rings. The zero-order chi connectivity index (χ0) is 18.4. The predicted molar refractivity (Wildman–Crippen MR) is 105 cm³/mol. The average Bonchev–Trinajstić information content (AvgIpc) is 2.52. The lowest BCUT2D eigenvalue weighted by molar-refractivity contribution is -0.123. The number of aromatic nitrogens is 1. The van der Waals surface area contributed by atoms with Gasteiger partial charge in [-0.25, -0.2) is 0 Å². The highest BCUT2D eigenvalue weighted by Gasteiger charge is 2.57. The summed E-state index contributed by atoms with van der Waals surface area (Å²) in [6.45, 7) is 0.953. The van der Waals surface area contributed by atoms with E-state index in [2.05, 4.69) is 21.2 Å². The van der Waals surface area contributed by atoms with E-state index in [9.17, 15) is 9.59 Å². The maximum Gasteiger partial charge on any atom is 0.250 e. The molecule has 6 heteroatoms. The second-order valence-electron chi connectivity index (χ2n) is 8.78. The first kappa shape index (κ1) is 18.2. The van der Waals surface area contributed by atoms with Crippen LogP contribution in [0, 0.1) is 17.3 Å². The second-order valence-corrected chi connectivity index (χ2v) is 10.5. The number of halogens is 1. The highest BCUT2D eigenvalue weighted by molar-refractivity contribution is 9.10. The first-order valence-corrected chi connectivity index (χ1v) is 10.4. The maximum atomic E-state index is 12.8. The van der Waals surface area contributed by atoms with Crippen LogP contribution in [0.4, 0.5) is 5.69 Å². The van der Waals surface area contributed by atoms with Crippen LogP contribution >= 0.6 is 15.9 Å². The molecular formula is C20H27BrN2O3. The summed E-state index contributed by atoms with van der Waals surface area (Å²) < 4.78 is 6.89. The van der Waals surface area contributed by atoms with Crippen molar-refractivity contribution in [2.45, 2.75) is 55.8 Å². The van der Waals surface area contributed by atoms with Crippen LogP contribution < -0.4 is 10.9 Å². The third-order valence-electron chi connectivity index (χ3n) is 6.45. The largest absolute Gasteiger partial charge is 0.383 e. The van der Waals surface area contributed by atoms with Crippen molar-refractivity contribution in [1.29, 1.82) is 0 Å². The molecule has 5 nitrogen and oxygen atoms in total. The van der Waals surface area contributed by atoms with Gasteiger partial charge in [0, 0.05) is 36.7 Å². The van der Waals surface area contributed by atoms with Crippen molar-refractivity contribution in [2.24, 2.45) is 17.3 Å². The fourth-order valence-corrected chi connectivity index (χ4v) is 7.57. The number of methoxy groups -OCH3 is 1. The Morgan fingerprint density at radius 1 is 1.31 bits per heavy atom. The molecule has 2 unspecified atom stereocenters. The van der Waals surface area contributed by atoms with Crippen LogP contribution in [0.5, 0.6) is 0 Å². The number of nitrogens with zero attached hydrogens (tertiary/aromatic N) is 1. The third-order valence-corrected chi connectivity index (χ3v) is 7.38. The van der Waals surface area contributed by atoms with Crippen molar-refractivity contribution in [3.05, 3.63) is 28.7 Å². The van der Waals surface area contributed by atoms with Crippen molar-refractivity contribution in [3.8, 4) is 0 Å². The number of anilines is 1. The standard InChI is InChI=1S/C20H27BrN2O3/c1-26-5-4-23-12-16(2-3-18(23)25)22-17(24)11-19-7-14-6-15(8-19)10-20(21,9-14)13-19/h2-3,12,14-15H,4-11,13H2,1H3,(H,22,24). The normalized spacial score (nSPS) is 34.8. The fraction of sp³-hybridized carbons (Fsp3) is 0.700. The topological polar surface area (TPSA) is 60.3 Å². The number of hydrogen-bond donors (Lipinski definition) is 1. The number of ether oxygens (including phenoxy) is 1. The summed E-state index contributed by atoms with van der Waals surface area (Å²) in [4.78, 5) is 24.7. The Labute approximate surface area is 162 Å². The molecule has 0 saturated heterocycles. The van der Waals surface area contributed by atoms with Crippen molar-refractivity contribution < 1.29 is 9.53 Å². The second kappa shape index (κ2) is 6.79. The van der Waals surface area contributed by atoms with Gasteiger partial charge < -0.3 is 14.6 Å². The smallest absolute Gasteiger partial charge is 0.250 e. The Hall–Kier alpha value is -1.14. The predicted octanol–water partition coefficient (Wildman–Crippen LogP) is 3.56. The first-order valence-electron chi connectivity index (χ1n) is 9.57. The summed E-state index contributed by atoms with van der Waals surface area (Å²) in [6, 6.07) is 3.19. The molecule has 1 heterocycles. The van der Waals surface area contributed by atoms with Crippen LogP contribution in [-0.2, 0) is 16.1 Å². The van der Waals surface area contributed by atoms with E-state index in [1.807, 2.05) is 0 Å². The lowest BCUT2D eigenvalue weighted by Crippen LogP contribution is -2.53. The number of carbonyl (C=O) groups is 1. The van der Waals surface area contributed by atoms with Gasteiger partial charge in [0.2, 0.25) is 5.91 Å². The molecule has 0 spiro atoms. The number of pyridine rings is 1. The molecule has 142 valence electrons. The van der Waals surface area contributed by atoms with Crippen LogP contribution in [0.1, 0.15) is 44.9 Å². The summed E-state index contributed by atoms with van der Waals surface area (Å²) in [7, 11) is 1.61. The molecule has 4 fully saturated rings. The highest BCUT2D eigenvalue weighted by atomic mass is 79.9. The van der Waals surface area contributed by atoms with Crippen LogP contribution in [0.15, 0.2) is 23.1 Å². The highest BCUT2D eigenvalue weighted by Crippen LogP contribution is 2.65. The van der Waals surface area contributed by atoms with Gasteiger partial charge in [0.05, 0.1) is 12.3 Å². The Balaban J connectivity index is 1.44. The van der Waals surface area contributed by atoms with Gasteiger partial charge in [-0.1, -0.05) is 15.9 Å². The SMILES string of the molecule is COCCn1cc(NC(=O)CC23CC4CC(CC(Br)(C4)C2)C3)ccc1=O. The van der Waals surface area contributed by atoms with Gasteiger partial charge in [0.25, 0.3) is 5.56 Å². The van der Waals surface area contributed by atoms with Gasteiger partial charge in [0.1, 0.15) is 0 Å². The van der Waals surface area contributed by atoms with Gasteiger partial charge >= 0.3 is 0 Å². The number of alkyl halides is 1. The van der Waals surface area contributed by atoms with E-state index in [0.717, 1.165) is 18.3 Å². The Kier molecular flexibility index (Phi) is 4.76. The molecule has 1 amide bonds. The minimum Gasteiger partial charge on any atom is -0.383 e. The molecule has 5 rings (SSSR count). The summed E-state index contributed by atoms with van der Waals surface area (Å²) in [6.07, 6.45) is 9.70. The van der Waals surface area contributed by atoms with E-state index >= 15 is 0 Å². The molecule has 0 aromatic carbocycles. The summed E-state index contributed by atoms with van der Waals surface area (Å²) in [5, 5.41) is 3.02. The molecule has 1 aromatic heterocycles. The van der Waals surface area contributed by atoms with Gasteiger partial charge in [-0.05, 0) is 61.8 Å². The van der Waals surface area contributed by atoms with Gasteiger partial charge in [0.15, 0.2) is 0 Å². The van der Waals surface area contributed by atoms with Crippen LogP contribution in [0.3, 0.4) is 0 Å². The van der Waals surface area contributed by atoms with E-state index in [-0.39, 0.29) is 21.2 Å². The molecular weight excluding hydrogens is 396 g/mol. The molecule has 0 aliphatic heterocycles. The molecule has 4 aliphatic carbocycles. The molecule has 1 N–H and O–H groups in total. The Morgan fingerprint density at radius 3 is 2.69 bits per heavy atom. The third kappa shape index (κ3) is 3.63. The van der Waals surface area contributed by atoms with Crippen molar-refractivity contribution in [1.82, 2.24) is 4.57 Å².